The van der Waals surface area contributed by atoms with Crippen LogP contribution in [0.1, 0.15) is 18.2 Å². The highest BCUT2D eigenvalue weighted by Crippen LogP contribution is 2.13. The Kier molecular flexibility index (Phi) is 4.22. The zero-order valence-corrected chi connectivity index (χ0v) is 12.8. The lowest BCUT2D eigenvalue weighted by molar-refractivity contribution is 0.558. The Labute approximate surface area is 119 Å². The van der Waals surface area contributed by atoms with Crippen LogP contribution >= 0.6 is 0 Å². The van der Waals surface area contributed by atoms with Crippen molar-refractivity contribution < 1.29 is 0 Å². The number of hydrogen-bond acceptors (Lipinski definition) is 5. The summed E-state index contributed by atoms with van der Waals surface area (Å²) in [6, 6.07) is 2.17. The molecule has 6 nitrogen and oxygen atoms in total. The fraction of sp³-hybridized carbons (Fsp3) is 0.500. The number of aryl methyl sites for hydroxylation is 2. The Bertz CT molecular complexity index is 575. The number of aromatic nitrogens is 4. The average Bonchev–Trinajstić information content (AvgIpc) is 2.73. The number of nitrogens with zero attached hydrogens (tertiary/aromatic N) is 5. The first-order valence-electron chi connectivity index (χ1n) is 6.72. The second-order valence-electron chi connectivity index (χ2n) is 5.37. The van der Waals surface area contributed by atoms with Gasteiger partial charge in [-0.05, 0) is 26.3 Å². The van der Waals surface area contributed by atoms with Gasteiger partial charge in [0.05, 0.1) is 12.7 Å². The molecule has 0 aromatic carbocycles. The molecule has 0 unspecified atom stereocenters. The summed E-state index contributed by atoms with van der Waals surface area (Å²) in [6.45, 7) is 6.89. The zero-order chi connectivity index (χ0) is 14.7. The van der Waals surface area contributed by atoms with Crippen LogP contribution in [0.15, 0.2) is 18.5 Å². The van der Waals surface area contributed by atoms with E-state index in [0.717, 1.165) is 18.1 Å². The molecule has 1 atom stereocenters. The molecule has 0 aliphatic heterocycles. The molecular formula is C14H22N6. The van der Waals surface area contributed by atoms with Crippen molar-refractivity contribution in [2.45, 2.75) is 33.4 Å². The van der Waals surface area contributed by atoms with Gasteiger partial charge in [0.25, 0.3) is 0 Å². The largest absolute Gasteiger partial charge is 0.363 e. The van der Waals surface area contributed by atoms with Crippen molar-refractivity contribution in [2.75, 3.05) is 24.3 Å². The van der Waals surface area contributed by atoms with Crippen LogP contribution in [0.4, 0.5) is 11.8 Å². The van der Waals surface area contributed by atoms with Gasteiger partial charge >= 0.3 is 0 Å². The third-order valence-corrected chi connectivity index (χ3v) is 2.90. The van der Waals surface area contributed by atoms with E-state index in [9.17, 15) is 0 Å². The molecule has 2 aromatic heterocycles. The maximum absolute atomic E-state index is 4.49. The lowest BCUT2D eigenvalue weighted by Crippen LogP contribution is -2.24. The summed E-state index contributed by atoms with van der Waals surface area (Å²) in [5, 5.41) is 7.61. The fourth-order valence-electron chi connectivity index (χ4n) is 1.96. The van der Waals surface area contributed by atoms with Crippen molar-refractivity contribution in [1.29, 1.82) is 0 Å². The first kappa shape index (κ1) is 14.3. The van der Waals surface area contributed by atoms with E-state index in [-0.39, 0.29) is 6.04 Å². The number of anilines is 2. The van der Waals surface area contributed by atoms with Crippen molar-refractivity contribution >= 4 is 11.8 Å². The van der Waals surface area contributed by atoms with Crippen LogP contribution in [0.25, 0.3) is 0 Å². The Morgan fingerprint density at radius 3 is 2.65 bits per heavy atom. The lowest BCUT2D eigenvalue weighted by Gasteiger charge is -2.17. The number of rotatable bonds is 5. The molecule has 0 amide bonds. The van der Waals surface area contributed by atoms with Gasteiger partial charge in [0.15, 0.2) is 0 Å². The van der Waals surface area contributed by atoms with Crippen LogP contribution in [-0.4, -0.2) is 39.9 Å². The van der Waals surface area contributed by atoms with Crippen molar-refractivity contribution in [3.63, 3.8) is 0 Å². The predicted molar refractivity (Wildman–Crippen MR) is 81.1 cm³/mol. The monoisotopic (exact) mass is 274 g/mol. The van der Waals surface area contributed by atoms with Crippen molar-refractivity contribution in [3.05, 3.63) is 29.7 Å². The second kappa shape index (κ2) is 5.90. The van der Waals surface area contributed by atoms with E-state index in [1.54, 1.807) is 0 Å². The van der Waals surface area contributed by atoms with Crippen molar-refractivity contribution in [1.82, 2.24) is 19.7 Å². The van der Waals surface area contributed by atoms with Gasteiger partial charge in [-0.1, -0.05) is 0 Å². The molecule has 2 heterocycles. The Balaban J connectivity index is 2.05. The first-order chi connectivity index (χ1) is 9.44. The topological polar surface area (TPSA) is 58.9 Å². The molecule has 0 spiro atoms. The molecular weight excluding hydrogens is 252 g/mol. The quantitative estimate of drug-likeness (QED) is 0.901. The Morgan fingerprint density at radius 1 is 1.30 bits per heavy atom. The van der Waals surface area contributed by atoms with E-state index >= 15 is 0 Å². The third-order valence-electron chi connectivity index (χ3n) is 2.90. The summed E-state index contributed by atoms with van der Waals surface area (Å²) >= 11 is 0. The Hall–Kier alpha value is -2.11. The minimum Gasteiger partial charge on any atom is -0.363 e. The van der Waals surface area contributed by atoms with Gasteiger partial charge < -0.3 is 10.2 Å². The average molecular weight is 274 g/mol. The summed E-state index contributed by atoms with van der Waals surface area (Å²) in [7, 11) is 3.95. The van der Waals surface area contributed by atoms with Crippen LogP contribution in [0.3, 0.4) is 0 Å². The molecule has 108 valence electrons. The van der Waals surface area contributed by atoms with Crippen LogP contribution in [0.2, 0.25) is 0 Å². The normalized spacial score (nSPS) is 12.2. The van der Waals surface area contributed by atoms with Crippen molar-refractivity contribution in [3.8, 4) is 0 Å². The maximum Gasteiger partial charge on any atom is 0.225 e. The molecule has 0 saturated heterocycles. The first-order valence-corrected chi connectivity index (χ1v) is 6.72. The van der Waals surface area contributed by atoms with E-state index in [2.05, 4.69) is 27.3 Å². The van der Waals surface area contributed by atoms with E-state index in [0.29, 0.717) is 5.95 Å². The number of hydrogen-bond donors (Lipinski definition) is 1. The van der Waals surface area contributed by atoms with Gasteiger partial charge in [0.2, 0.25) is 5.95 Å². The Morgan fingerprint density at radius 2 is 2.05 bits per heavy atom. The molecule has 0 radical (unpaired) electrons. The molecule has 0 aliphatic carbocycles. The molecule has 2 rings (SSSR count). The van der Waals surface area contributed by atoms with Gasteiger partial charge in [-0.15, -0.1) is 0 Å². The molecule has 1 N–H and O–H groups in total. The molecule has 0 bridgehead atoms. The van der Waals surface area contributed by atoms with Crippen LogP contribution in [-0.2, 0) is 6.54 Å². The minimum absolute atomic E-state index is 0.200. The predicted octanol–water partition coefficient (Wildman–Crippen LogP) is 1.86. The molecule has 20 heavy (non-hydrogen) atoms. The molecule has 6 heteroatoms. The maximum atomic E-state index is 4.49. The van der Waals surface area contributed by atoms with Gasteiger partial charge in [-0.3, -0.25) is 4.68 Å². The number of nitrogens with one attached hydrogen (secondary N) is 1. The van der Waals surface area contributed by atoms with Crippen molar-refractivity contribution in [2.24, 2.45) is 0 Å². The highest BCUT2D eigenvalue weighted by atomic mass is 15.3. The van der Waals surface area contributed by atoms with Crippen LogP contribution in [0, 0.1) is 13.8 Å². The summed E-state index contributed by atoms with van der Waals surface area (Å²) in [4.78, 5) is 10.9. The van der Waals surface area contributed by atoms with E-state index in [1.165, 1.54) is 5.56 Å². The summed E-state index contributed by atoms with van der Waals surface area (Å²) < 4.78 is 1.93. The highest BCUT2D eigenvalue weighted by molar-refractivity contribution is 5.43. The van der Waals surface area contributed by atoms with E-state index in [1.807, 2.05) is 56.0 Å². The third kappa shape index (κ3) is 3.69. The smallest absolute Gasteiger partial charge is 0.225 e. The summed E-state index contributed by atoms with van der Waals surface area (Å²) in [5.41, 5.74) is 2.12. The van der Waals surface area contributed by atoms with Gasteiger partial charge in [0, 0.05) is 38.1 Å². The summed E-state index contributed by atoms with van der Waals surface area (Å²) in [5.74, 6) is 1.56. The van der Waals surface area contributed by atoms with Gasteiger partial charge in [-0.25, -0.2) is 4.98 Å². The van der Waals surface area contributed by atoms with E-state index < -0.39 is 0 Å². The molecule has 0 fully saturated rings. The van der Waals surface area contributed by atoms with Gasteiger partial charge in [-0.2, -0.15) is 10.1 Å². The van der Waals surface area contributed by atoms with Crippen LogP contribution in [0.5, 0.6) is 0 Å². The minimum atomic E-state index is 0.200. The molecule has 2 aromatic rings. The highest BCUT2D eigenvalue weighted by Gasteiger charge is 2.08. The molecule has 0 saturated carbocycles. The van der Waals surface area contributed by atoms with E-state index in [4.69, 9.17) is 0 Å². The van der Waals surface area contributed by atoms with Crippen LogP contribution < -0.4 is 10.2 Å². The lowest BCUT2D eigenvalue weighted by atomic mass is 10.3. The zero-order valence-electron chi connectivity index (χ0n) is 12.8. The SMILES string of the molecule is Cc1cnn(C[C@H](C)Nc2nc(C)cc(N(C)C)n2)c1. The standard InChI is InChI=1S/C14H22N6/c1-10-7-15-20(8-10)9-12(3)17-14-16-11(2)6-13(18-14)19(4)5/h6-8,12H,9H2,1-5H3,(H,16,17,18)/t12-/m0/s1. The van der Waals surface area contributed by atoms with Gasteiger partial charge in [0.1, 0.15) is 5.82 Å². The fourth-order valence-corrected chi connectivity index (χ4v) is 1.96. The molecule has 0 aliphatic rings. The summed E-state index contributed by atoms with van der Waals surface area (Å²) in [6.07, 6.45) is 3.89. The second-order valence-corrected chi connectivity index (χ2v) is 5.37.